The molecule has 0 aromatic rings. The van der Waals surface area contributed by atoms with Gasteiger partial charge in [-0.25, -0.2) is 0 Å². The molecule has 2 unspecified atom stereocenters. The molecule has 0 aromatic heterocycles. The van der Waals surface area contributed by atoms with Crippen molar-refractivity contribution in [1.82, 2.24) is 4.90 Å². The Morgan fingerprint density at radius 1 is 1.26 bits per heavy atom. The third-order valence-electron chi connectivity index (χ3n) is 5.02. The lowest BCUT2D eigenvalue weighted by Crippen LogP contribution is -2.46. The number of piperidine rings is 1. The van der Waals surface area contributed by atoms with Crippen LogP contribution >= 0.6 is 0 Å². The van der Waals surface area contributed by atoms with E-state index in [4.69, 9.17) is 4.74 Å². The minimum atomic E-state index is 0.177. The smallest absolute Gasteiger partial charge is 0.0599 e. The first-order chi connectivity index (χ1) is 9.17. The first kappa shape index (κ1) is 15.3. The molecule has 2 rings (SSSR count). The Morgan fingerprint density at radius 2 is 2.00 bits per heavy atom. The lowest BCUT2D eigenvalue weighted by molar-refractivity contribution is -0.0181. The SMILES string of the molecule is CCOC1CCN(CC2(CO)CCCC(C)C2)CC1. The van der Waals surface area contributed by atoms with E-state index in [0.29, 0.717) is 12.7 Å². The van der Waals surface area contributed by atoms with Gasteiger partial charge in [0.1, 0.15) is 0 Å². The maximum Gasteiger partial charge on any atom is 0.0599 e. The van der Waals surface area contributed by atoms with E-state index >= 15 is 0 Å². The Morgan fingerprint density at radius 3 is 2.58 bits per heavy atom. The first-order valence-corrected chi connectivity index (χ1v) is 8.12. The first-order valence-electron chi connectivity index (χ1n) is 8.12. The molecule has 112 valence electrons. The maximum absolute atomic E-state index is 9.87. The fraction of sp³-hybridized carbons (Fsp3) is 1.00. The molecule has 0 amide bonds. The summed E-state index contributed by atoms with van der Waals surface area (Å²) < 4.78 is 5.71. The number of hydrogen-bond acceptors (Lipinski definition) is 3. The molecule has 1 N–H and O–H groups in total. The Labute approximate surface area is 118 Å². The predicted octanol–water partition coefficient (Wildman–Crippen LogP) is 2.68. The largest absolute Gasteiger partial charge is 0.396 e. The number of aliphatic hydroxyl groups is 1. The number of ether oxygens (including phenoxy) is 1. The fourth-order valence-electron chi connectivity index (χ4n) is 4.05. The molecule has 1 saturated heterocycles. The molecule has 19 heavy (non-hydrogen) atoms. The molecule has 3 heteroatoms. The van der Waals surface area contributed by atoms with E-state index in [1.165, 1.54) is 25.7 Å². The van der Waals surface area contributed by atoms with Gasteiger partial charge in [-0.05, 0) is 38.5 Å². The van der Waals surface area contributed by atoms with Gasteiger partial charge in [-0.15, -0.1) is 0 Å². The number of aliphatic hydroxyl groups excluding tert-OH is 1. The highest BCUT2D eigenvalue weighted by molar-refractivity contribution is 4.89. The lowest BCUT2D eigenvalue weighted by atomic mass is 9.70. The molecule has 2 fully saturated rings. The van der Waals surface area contributed by atoms with Crippen LogP contribution in [0.15, 0.2) is 0 Å². The van der Waals surface area contributed by atoms with Crippen LogP contribution in [0.2, 0.25) is 0 Å². The van der Waals surface area contributed by atoms with Crippen molar-refractivity contribution in [2.45, 2.75) is 58.5 Å². The third-order valence-corrected chi connectivity index (χ3v) is 5.02. The van der Waals surface area contributed by atoms with Crippen LogP contribution in [0.1, 0.15) is 52.4 Å². The highest BCUT2D eigenvalue weighted by Gasteiger charge is 2.36. The topological polar surface area (TPSA) is 32.7 Å². The predicted molar refractivity (Wildman–Crippen MR) is 78.2 cm³/mol. The van der Waals surface area contributed by atoms with Gasteiger partial charge < -0.3 is 14.7 Å². The minimum absolute atomic E-state index is 0.177. The van der Waals surface area contributed by atoms with Gasteiger partial charge in [-0.3, -0.25) is 0 Å². The highest BCUT2D eigenvalue weighted by Crippen LogP contribution is 2.40. The maximum atomic E-state index is 9.87. The standard InChI is InChI=1S/C16H31NO2/c1-3-19-15-6-9-17(10-7-15)12-16(13-18)8-4-5-14(2)11-16/h14-15,18H,3-13H2,1-2H3. The summed E-state index contributed by atoms with van der Waals surface area (Å²) in [5, 5.41) is 9.87. The molecule has 1 aliphatic carbocycles. The van der Waals surface area contributed by atoms with Crippen LogP contribution in [0.25, 0.3) is 0 Å². The van der Waals surface area contributed by atoms with Gasteiger partial charge in [-0.2, -0.15) is 0 Å². The Balaban J connectivity index is 1.82. The third kappa shape index (κ3) is 4.17. The summed E-state index contributed by atoms with van der Waals surface area (Å²) in [4.78, 5) is 2.56. The Kier molecular flexibility index (Phi) is 5.67. The van der Waals surface area contributed by atoms with E-state index in [1.54, 1.807) is 0 Å². The van der Waals surface area contributed by atoms with Gasteiger partial charge >= 0.3 is 0 Å². The Hall–Kier alpha value is -0.120. The quantitative estimate of drug-likeness (QED) is 0.833. The van der Waals surface area contributed by atoms with E-state index in [1.807, 2.05) is 0 Å². The molecule has 1 saturated carbocycles. The van der Waals surface area contributed by atoms with Gasteiger partial charge in [0.25, 0.3) is 0 Å². The molecule has 0 aromatic carbocycles. The normalized spacial score (nSPS) is 34.6. The van der Waals surface area contributed by atoms with Crippen LogP contribution in [-0.2, 0) is 4.74 Å². The average Bonchev–Trinajstić information content (AvgIpc) is 2.41. The summed E-state index contributed by atoms with van der Waals surface area (Å²) >= 11 is 0. The molecule has 0 radical (unpaired) electrons. The number of nitrogens with zero attached hydrogens (tertiary/aromatic N) is 1. The molecule has 0 spiro atoms. The number of hydrogen-bond donors (Lipinski definition) is 1. The van der Waals surface area contributed by atoms with Crippen LogP contribution in [-0.4, -0.2) is 49.0 Å². The molecular weight excluding hydrogens is 238 g/mol. The van der Waals surface area contributed by atoms with E-state index in [0.717, 1.165) is 45.0 Å². The molecule has 0 bridgehead atoms. The monoisotopic (exact) mass is 269 g/mol. The van der Waals surface area contributed by atoms with Gasteiger partial charge in [-0.1, -0.05) is 19.8 Å². The fourth-order valence-corrected chi connectivity index (χ4v) is 4.05. The summed E-state index contributed by atoms with van der Waals surface area (Å²) in [6, 6.07) is 0. The Bertz CT molecular complexity index is 263. The van der Waals surface area contributed by atoms with Crippen LogP contribution in [0, 0.1) is 11.3 Å². The zero-order valence-electron chi connectivity index (χ0n) is 12.7. The van der Waals surface area contributed by atoms with Crippen molar-refractivity contribution in [3.8, 4) is 0 Å². The minimum Gasteiger partial charge on any atom is -0.396 e. The van der Waals surface area contributed by atoms with Crippen molar-refractivity contribution in [2.24, 2.45) is 11.3 Å². The number of likely N-dealkylation sites (tertiary alicyclic amines) is 1. The second kappa shape index (κ2) is 7.05. The van der Waals surface area contributed by atoms with Crippen molar-refractivity contribution >= 4 is 0 Å². The van der Waals surface area contributed by atoms with E-state index in [-0.39, 0.29) is 5.41 Å². The van der Waals surface area contributed by atoms with Crippen LogP contribution < -0.4 is 0 Å². The van der Waals surface area contributed by atoms with Gasteiger partial charge in [0.15, 0.2) is 0 Å². The summed E-state index contributed by atoms with van der Waals surface area (Å²) in [5.74, 6) is 0.780. The van der Waals surface area contributed by atoms with Crippen molar-refractivity contribution in [3.63, 3.8) is 0 Å². The zero-order chi connectivity index (χ0) is 13.7. The molecular formula is C16H31NO2. The molecule has 1 aliphatic heterocycles. The zero-order valence-corrected chi connectivity index (χ0v) is 12.7. The second-order valence-electron chi connectivity index (χ2n) is 6.79. The van der Waals surface area contributed by atoms with Crippen molar-refractivity contribution in [1.29, 1.82) is 0 Å². The molecule has 3 nitrogen and oxygen atoms in total. The molecule has 2 atom stereocenters. The van der Waals surface area contributed by atoms with Crippen molar-refractivity contribution in [3.05, 3.63) is 0 Å². The molecule has 1 heterocycles. The van der Waals surface area contributed by atoms with E-state index in [9.17, 15) is 5.11 Å². The lowest BCUT2D eigenvalue weighted by Gasteiger charge is -2.43. The summed E-state index contributed by atoms with van der Waals surface area (Å²) in [7, 11) is 0. The molecule has 2 aliphatic rings. The van der Waals surface area contributed by atoms with Crippen molar-refractivity contribution in [2.75, 3.05) is 32.8 Å². The summed E-state index contributed by atoms with van der Waals surface area (Å²) in [6.45, 7) is 8.99. The van der Waals surface area contributed by atoms with E-state index < -0.39 is 0 Å². The average molecular weight is 269 g/mol. The van der Waals surface area contributed by atoms with Gasteiger partial charge in [0, 0.05) is 38.3 Å². The van der Waals surface area contributed by atoms with Crippen molar-refractivity contribution < 1.29 is 9.84 Å². The van der Waals surface area contributed by atoms with Gasteiger partial charge in [0.05, 0.1) is 6.10 Å². The van der Waals surface area contributed by atoms with E-state index in [2.05, 4.69) is 18.7 Å². The van der Waals surface area contributed by atoms with Crippen LogP contribution in [0.3, 0.4) is 0 Å². The number of rotatable bonds is 5. The highest BCUT2D eigenvalue weighted by atomic mass is 16.5. The second-order valence-corrected chi connectivity index (χ2v) is 6.79. The summed E-state index contributed by atoms with van der Waals surface area (Å²) in [5.41, 5.74) is 0.177. The van der Waals surface area contributed by atoms with Gasteiger partial charge in [0.2, 0.25) is 0 Å². The van der Waals surface area contributed by atoms with Crippen LogP contribution in [0.4, 0.5) is 0 Å². The summed E-state index contributed by atoms with van der Waals surface area (Å²) in [6.07, 6.45) is 7.83. The van der Waals surface area contributed by atoms with Crippen LogP contribution in [0.5, 0.6) is 0 Å².